The third kappa shape index (κ3) is 69.4. The molecule has 18 heteroatoms. The molecule has 0 aromatic rings. The summed E-state index contributed by atoms with van der Waals surface area (Å²) in [7, 11) is 0. The fraction of sp³-hybridized carbons (Fsp3) is 0. The zero-order valence-corrected chi connectivity index (χ0v) is 17.0. The summed E-state index contributed by atoms with van der Waals surface area (Å²) in [5.74, 6) is -13.1. The maximum atomic E-state index is 8.93. The molecule has 16 nitrogen and oxygen atoms in total. The average Bonchev–Trinajstić information content (AvgIpc) is 2.18. The van der Waals surface area contributed by atoms with Gasteiger partial charge in [-0.3, -0.25) is 0 Å². The fourth-order valence-corrected chi connectivity index (χ4v) is 0. The molecule has 0 amide bonds. The molecule has 0 aromatic heterocycles. The molecule has 0 saturated heterocycles. The molecule has 0 aliphatic heterocycles. The molecule has 134 valence electrons. The summed E-state index contributed by atoms with van der Waals surface area (Å²) in [5.41, 5.74) is 0. The van der Waals surface area contributed by atoms with E-state index in [9.17, 15) is 0 Å². The predicted molar refractivity (Wildman–Crippen MR) is 50.3 cm³/mol. The first-order valence-corrected chi connectivity index (χ1v) is 3.20. The van der Waals surface area contributed by atoms with Crippen LogP contribution in [-0.4, -0.2) is 103 Å². The van der Waals surface area contributed by atoms with E-state index in [2.05, 4.69) is 0 Å². The predicted octanol–water partition coefficient (Wildman–Crippen LogP) is -14.2. The van der Waals surface area contributed by atoms with Gasteiger partial charge in [0, 0.05) is 0 Å². The molecule has 0 fully saturated rings. The maximum Gasteiger partial charge on any atom is 4.00 e. The van der Waals surface area contributed by atoms with Crippen molar-refractivity contribution >= 4 is 81.3 Å². The van der Waals surface area contributed by atoms with Crippen LogP contribution < -0.4 is 30.6 Å². The van der Waals surface area contributed by atoms with Crippen LogP contribution in [0.4, 0.5) is 0 Å². The molecule has 0 radical (unpaired) electrons. The second-order valence-electron chi connectivity index (χ2n) is 1.72. The van der Waals surface area contributed by atoms with Crippen LogP contribution in [0.1, 0.15) is 0 Å². The van der Waals surface area contributed by atoms with E-state index in [0.29, 0.717) is 0 Å². The van der Waals surface area contributed by atoms with Crippen LogP contribution in [0.15, 0.2) is 0 Å². The van der Waals surface area contributed by atoms with E-state index in [1.807, 2.05) is 0 Å². The molecule has 0 aromatic carbocycles. The number of aliphatic carboxylic acids is 6. The van der Waals surface area contributed by atoms with Gasteiger partial charge in [0.1, 0.15) is 0 Å². The Labute approximate surface area is 187 Å². The van der Waals surface area contributed by atoms with Crippen molar-refractivity contribution in [3.8, 4) is 0 Å². The molecular weight excluding hydrogens is 507 g/mol. The van der Waals surface area contributed by atoms with Crippen molar-refractivity contribution in [2.24, 2.45) is 0 Å². The van der Waals surface area contributed by atoms with E-state index < -0.39 is 35.8 Å². The number of carbonyl (C=O) groups excluding carboxylic acids is 6. The largest absolute Gasteiger partial charge is 4.00 e. The van der Waals surface area contributed by atoms with Crippen molar-refractivity contribution in [1.29, 1.82) is 0 Å². The van der Waals surface area contributed by atoms with Gasteiger partial charge >= 0.3 is 71.7 Å². The Morgan fingerprint density at radius 1 is 0.375 bits per heavy atom. The van der Waals surface area contributed by atoms with E-state index in [0.717, 1.165) is 0 Å². The first kappa shape index (κ1) is 56.8. The van der Waals surface area contributed by atoms with Gasteiger partial charge in [0.25, 0.3) is 0 Å². The molecule has 0 aliphatic carbocycles. The van der Waals surface area contributed by atoms with Crippen molar-refractivity contribution in [3.05, 3.63) is 0 Å². The molecule has 0 aliphatic rings. The molecule has 0 atom stereocenters. The monoisotopic (exact) mass is 514 g/mol. The minimum atomic E-state index is -2.19. The minimum Gasteiger partial charge on any atom is -0.543 e. The van der Waals surface area contributed by atoms with Crippen LogP contribution in [0.3, 0.4) is 0 Å². The fourth-order valence-electron chi connectivity index (χ4n) is 0. The van der Waals surface area contributed by atoms with Crippen LogP contribution in [-0.2, 0) is 55.0 Å². The molecule has 8 N–H and O–H groups in total. The maximum absolute atomic E-state index is 8.93. The molecule has 0 bridgehead atoms. The molecule has 0 unspecified atom stereocenters. The Morgan fingerprint density at radius 3 is 0.417 bits per heavy atom. The molecule has 0 spiro atoms. The number of hydrogen-bond acceptors (Lipinski definition) is 12. The summed E-state index contributed by atoms with van der Waals surface area (Å²) in [6.45, 7) is 0. The number of carbonyl (C=O) groups is 6. The van der Waals surface area contributed by atoms with Crippen LogP contribution in [0.25, 0.3) is 0 Å². The SMILES string of the molecule is O.O.O.O.O=C([O-])C(=O)[O-].O=C([O-])C(=O)[O-].O=C([O-])C(=O)[O-].[Sr+2].[Zr+4]. The van der Waals surface area contributed by atoms with Crippen molar-refractivity contribution in [1.82, 2.24) is 0 Å². The molecule has 0 heterocycles. The van der Waals surface area contributed by atoms with Gasteiger partial charge in [0.2, 0.25) is 0 Å². The summed E-state index contributed by atoms with van der Waals surface area (Å²) in [6.07, 6.45) is 0. The Bertz CT molecular complexity index is 286. The topological polar surface area (TPSA) is 367 Å². The summed E-state index contributed by atoms with van der Waals surface area (Å²) in [6, 6.07) is 0. The van der Waals surface area contributed by atoms with Gasteiger partial charge in [-0.25, -0.2) is 0 Å². The van der Waals surface area contributed by atoms with Gasteiger partial charge in [0.05, 0.1) is 35.8 Å². The summed E-state index contributed by atoms with van der Waals surface area (Å²) in [4.78, 5) is 53.6. The Kier molecular flexibility index (Phi) is 79.5. The van der Waals surface area contributed by atoms with E-state index in [1.165, 1.54) is 0 Å². The van der Waals surface area contributed by atoms with Gasteiger partial charge in [0.15, 0.2) is 0 Å². The van der Waals surface area contributed by atoms with Gasteiger partial charge < -0.3 is 81.3 Å². The smallest absolute Gasteiger partial charge is 0.543 e. The van der Waals surface area contributed by atoms with Crippen LogP contribution in [0.5, 0.6) is 0 Å². The Morgan fingerprint density at radius 2 is 0.417 bits per heavy atom. The number of rotatable bonds is 0. The summed E-state index contributed by atoms with van der Waals surface area (Å²) >= 11 is 0. The van der Waals surface area contributed by atoms with Gasteiger partial charge in [-0.05, 0) is 0 Å². The van der Waals surface area contributed by atoms with Crippen LogP contribution in [0, 0.1) is 0 Å². The number of hydrogen-bond donors (Lipinski definition) is 0. The number of carboxylic acid groups (broad SMARTS) is 6. The van der Waals surface area contributed by atoms with Gasteiger partial charge in [-0.15, -0.1) is 0 Å². The standard InChI is InChI=1S/3C2H2O4.4H2O.Sr.Zr/c3*3-1(4)2(5)6;;;;;;/h3*(H,3,4)(H,5,6);4*1H2;;/q;;;;;;;+2;+4/p-6. The van der Waals surface area contributed by atoms with Gasteiger partial charge in [-0.2, -0.15) is 0 Å². The van der Waals surface area contributed by atoms with Crippen molar-refractivity contribution in [2.45, 2.75) is 0 Å². The molecular formula is C6H8O16SrZr. The second kappa shape index (κ2) is 33.6. The average molecular weight is 515 g/mol. The zero-order chi connectivity index (χ0) is 15.5. The van der Waals surface area contributed by atoms with E-state index in [-0.39, 0.29) is 93.6 Å². The van der Waals surface area contributed by atoms with Gasteiger partial charge in [-0.1, -0.05) is 0 Å². The second-order valence-corrected chi connectivity index (χ2v) is 1.72. The summed E-state index contributed by atoms with van der Waals surface area (Å²) < 4.78 is 0. The Balaban J connectivity index is -0.0000000179. The van der Waals surface area contributed by atoms with Crippen molar-refractivity contribution in [3.63, 3.8) is 0 Å². The van der Waals surface area contributed by atoms with E-state index in [1.54, 1.807) is 0 Å². The first-order valence-electron chi connectivity index (χ1n) is 3.20. The van der Waals surface area contributed by atoms with E-state index >= 15 is 0 Å². The summed E-state index contributed by atoms with van der Waals surface area (Å²) in [5, 5.41) is 53.6. The quantitative estimate of drug-likeness (QED) is 0.214. The third-order valence-corrected chi connectivity index (χ3v) is 0.500. The first-order chi connectivity index (χ1) is 7.93. The molecule has 24 heavy (non-hydrogen) atoms. The Hall–Kier alpha value is -0.976. The zero-order valence-electron chi connectivity index (χ0n) is 11.1. The third-order valence-electron chi connectivity index (χ3n) is 0.500. The normalized spacial score (nSPS) is 5.50. The van der Waals surface area contributed by atoms with Crippen molar-refractivity contribution < 1.29 is 108 Å². The van der Waals surface area contributed by atoms with Crippen LogP contribution >= 0.6 is 0 Å². The number of carboxylic acids is 6. The molecule has 0 rings (SSSR count). The minimum absolute atomic E-state index is 0. The van der Waals surface area contributed by atoms with Crippen LogP contribution in [0.2, 0.25) is 0 Å². The molecule has 0 saturated carbocycles. The van der Waals surface area contributed by atoms with E-state index in [4.69, 9.17) is 59.4 Å². The van der Waals surface area contributed by atoms with Crippen molar-refractivity contribution in [2.75, 3.05) is 0 Å².